The van der Waals surface area contributed by atoms with Crippen molar-refractivity contribution in [2.75, 3.05) is 13.1 Å². The maximum absolute atomic E-state index is 13.2. The van der Waals surface area contributed by atoms with Crippen molar-refractivity contribution in [3.8, 4) is 0 Å². The van der Waals surface area contributed by atoms with Crippen molar-refractivity contribution < 1.29 is 9.18 Å². The predicted molar refractivity (Wildman–Crippen MR) is 55.9 cm³/mol. The van der Waals surface area contributed by atoms with E-state index in [0.29, 0.717) is 18.4 Å². The molecule has 0 unspecified atom stereocenters. The summed E-state index contributed by atoms with van der Waals surface area (Å²) >= 11 is 0. The van der Waals surface area contributed by atoms with Crippen LogP contribution in [0.15, 0.2) is 24.3 Å². The second kappa shape index (κ2) is 4.43. The molecule has 1 aliphatic rings. The number of carbonyl (C=O) groups is 1. The molecule has 1 saturated heterocycles. The Bertz CT molecular complexity index is 360. The molecular weight excluding hydrogens is 193 g/mol. The molecule has 2 nitrogen and oxygen atoms in total. The Labute approximate surface area is 88.7 Å². The molecule has 1 fully saturated rings. The molecule has 0 radical (unpaired) electrons. The number of nitrogens with zero attached hydrogens (tertiary/aromatic N) is 1. The summed E-state index contributed by atoms with van der Waals surface area (Å²) in [5.74, 6) is -0.0709. The van der Waals surface area contributed by atoms with Crippen LogP contribution in [0.4, 0.5) is 4.39 Å². The van der Waals surface area contributed by atoms with E-state index in [9.17, 15) is 9.18 Å². The normalized spacial score (nSPS) is 14.9. The third kappa shape index (κ3) is 2.35. The minimum absolute atomic E-state index is 0.143. The lowest BCUT2D eigenvalue weighted by molar-refractivity contribution is -0.134. The monoisotopic (exact) mass is 207 g/mol. The summed E-state index contributed by atoms with van der Waals surface area (Å²) in [6, 6.07) is 6.63. The molecule has 1 aromatic rings. The highest BCUT2D eigenvalue weighted by Crippen LogP contribution is 2.12. The Hall–Kier alpha value is -1.38. The molecule has 0 N–H and O–H groups in total. The Morgan fingerprint density at radius 2 is 2.07 bits per heavy atom. The maximum Gasteiger partial charge on any atom is 0.222 e. The first-order valence-electron chi connectivity index (χ1n) is 5.28. The van der Waals surface area contributed by atoms with Crippen LogP contribution in [-0.2, 0) is 11.2 Å². The molecule has 3 heteroatoms. The molecule has 1 amide bonds. The topological polar surface area (TPSA) is 20.3 Å². The van der Waals surface area contributed by atoms with E-state index in [2.05, 4.69) is 0 Å². The molecule has 80 valence electrons. The summed E-state index contributed by atoms with van der Waals surface area (Å²) in [6.45, 7) is 1.74. The van der Waals surface area contributed by atoms with E-state index >= 15 is 0 Å². The standard InChI is InChI=1S/C12H14FNO/c13-11-5-2-1-4-10(11)6-7-12(15)14-8-3-9-14/h1-2,4-5H,3,6-9H2. The van der Waals surface area contributed by atoms with Gasteiger partial charge >= 0.3 is 0 Å². The van der Waals surface area contributed by atoms with E-state index in [4.69, 9.17) is 0 Å². The highest BCUT2D eigenvalue weighted by molar-refractivity contribution is 5.77. The Balaban J connectivity index is 1.87. The van der Waals surface area contributed by atoms with Gasteiger partial charge in [-0.05, 0) is 24.5 Å². The van der Waals surface area contributed by atoms with Gasteiger partial charge in [-0.1, -0.05) is 18.2 Å². The van der Waals surface area contributed by atoms with Crippen molar-refractivity contribution in [3.63, 3.8) is 0 Å². The number of amides is 1. The van der Waals surface area contributed by atoms with Crippen LogP contribution in [0, 0.1) is 5.82 Å². The van der Waals surface area contributed by atoms with Crippen molar-refractivity contribution in [1.82, 2.24) is 4.90 Å². The molecule has 15 heavy (non-hydrogen) atoms. The van der Waals surface area contributed by atoms with Crippen LogP contribution in [0.25, 0.3) is 0 Å². The largest absolute Gasteiger partial charge is 0.343 e. The first-order valence-corrected chi connectivity index (χ1v) is 5.28. The van der Waals surface area contributed by atoms with Gasteiger partial charge in [0.05, 0.1) is 0 Å². The third-order valence-electron chi connectivity index (χ3n) is 2.77. The predicted octanol–water partition coefficient (Wildman–Crippen LogP) is 1.99. The summed E-state index contributed by atoms with van der Waals surface area (Å²) in [5, 5.41) is 0. The summed E-state index contributed by atoms with van der Waals surface area (Å²) in [7, 11) is 0. The number of benzene rings is 1. The van der Waals surface area contributed by atoms with E-state index in [1.807, 2.05) is 4.90 Å². The summed E-state index contributed by atoms with van der Waals surface area (Å²) in [5.41, 5.74) is 0.631. The zero-order valence-corrected chi connectivity index (χ0v) is 8.58. The molecule has 1 aliphatic heterocycles. The van der Waals surface area contributed by atoms with Crippen LogP contribution in [0.2, 0.25) is 0 Å². The summed E-state index contributed by atoms with van der Waals surface area (Å²) < 4.78 is 13.2. The van der Waals surface area contributed by atoms with Crippen molar-refractivity contribution in [3.05, 3.63) is 35.6 Å². The molecular formula is C12H14FNO. The van der Waals surface area contributed by atoms with Crippen LogP contribution in [-0.4, -0.2) is 23.9 Å². The van der Waals surface area contributed by atoms with Crippen molar-refractivity contribution in [2.24, 2.45) is 0 Å². The van der Waals surface area contributed by atoms with Gasteiger partial charge in [-0.2, -0.15) is 0 Å². The van der Waals surface area contributed by atoms with Crippen LogP contribution in [0.1, 0.15) is 18.4 Å². The zero-order chi connectivity index (χ0) is 10.7. The number of hydrogen-bond acceptors (Lipinski definition) is 1. The maximum atomic E-state index is 13.2. The van der Waals surface area contributed by atoms with E-state index < -0.39 is 0 Å². The summed E-state index contributed by atoms with van der Waals surface area (Å²) in [4.78, 5) is 13.3. The number of hydrogen-bond donors (Lipinski definition) is 0. The molecule has 0 saturated carbocycles. The minimum atomic E-state index is -0.214. The van der Waals surface area contributed by atoms with E-state index in [-0.39, 0.29) is 11.7 Å². The van der Waals surface area contributed by atoms with Gasteiger partial charge in [-0.25, -0.2) is 4.39 Å². The Kier molecular flexibility index (Phi) is 2.99. The van der Waals surface area contributed by atoms with Crippen LogP contribution in [0.3, 0.4) is 0 Å². The molecule has 2 rings (SSSR count). The third-order valence-corrected chi connectivity index (χ3v) is 2.77. The van der Waals surface area contributed by atoms with Crippen LogP contribution in [0.5, 0.6) is 0 Å². The van der Waals surface area contributed by atoms with Gasteiger partial charge in [-0.3, -0.25) is 4.79 Å². The van der Waals surface area contributed by atoms with Gasteiger partial charge in [0.2, 0.25) is 5.91 Å². The zero-order valence-electron chi connectivity index (χ0n) is 8.58. The number of carbonyl (C=O) groups excluding carboxylic acids is 1. The molecule has 0 spiro atoms. The Morgan fingerprint density at radius 3 is 2.67 bits per heavy atom. The Morgan fingerprint density at radius 1 is 1.33 bits per heavy atom. The highest BCUT2D eigenvalue weighted by Gasteiger charge is 2.19. The van der Waals surface area contributed by atoms with E-state index in [1.54, 1.807) is 18.2 Å². The fourth-order valence-electron chi connectivity index (χ4n) is 1.67. The van der Waals surface area contributed by atoms with Crippen molar-refractivity contribution >= 4 is 5.91 Å². The summed E-state index contributed by atoms with van der Waals surface area (Å²) in [6.07, 6.45) is 2.02. The second-order valence-electron chi connectivity index (χ2n) is 3.83. The van der Waals surface area contributed by atoms with Gasteiger partial charge < -0.3 is 4.90 Å². The first kappa shape index (κ1) is 10.1. The second-order valence-corrected chi connectivity index (χ2v) is 3.83. The van der Waals surface area contributed by atoms with E-state index in [1.165, 1.54) is 6.07 Å². The molecule has 0 atom stereocenters. The number of halogens is 1. The van der Waals surface area contributed by atoms with Crippen molar-refractivity contribution in [1.29, 1.82) is 0 Å². The quantitative estimate of drug-likeness (QED) is 0.742. The highest BCUT2D eigenvalue weighted by atomic mass is 19.1. The molecule has 0 aliphatic carbocycles. The van der Waals surface area contributed by atoms with Gasteiger partial charge in [0.1, 0.15) is 5.82 Å². The number of aryl methyl sites for hydroxylation is 1. The number of likely N-dealkylation sites (tertiary alicyclic amines) is 1. The van der Waals surface area contributed by atoms with E-state index in [0.717, 1.165) is 19.5 Å². The average molecular weight is 207 g/mol. The lowest BCUT2D eigenvalue weighted by atomic mass is 10.1. The van der Waals surface area contributed by atoms with Gasteiger partial charge in [0.25, 0.3) is 0 Å². The first-order chi connectivity index (χ1) is 7.27. The van der Waals surface area contributed by atoms with Gasteiger partial charge in [-0.15, -0.1) is 0 Å². The van der Waals surface area contributed by atoms with Crippen LogP contribution < -0.4 is 0 Å². The lowest BCUT2D eigenvalue weighted by Crippen LogP contribution is -2.42. The minimum Gasteiger partial charge on any atom is -0.343 e. The molecule has 1 heterocycles. The fourth-order valence-corrected chi connectivity index (χ4v) is 1.67. The smallest absolute Gasteiger partial charge is 0.222 e. The SMILES string of the molecule is O=C(CCc1ccccc1F)N1CCC1. The lowest BCUT2D eigenvalue weighted by Gasteiger charge is -2.30. The molecule has 0 aromatic heterocycles. The number of rotatable bonds is 3. The molecule has 0 bridgehead atoms. The van der Waals surface area contributed by atoms with Gasteiger partial charge in [0.15, 0.2) is 0 Å². The average Bonchev–Trinajstić information content (AvgIpc) is 2.14. The van der Waals surface area contributed by atoms with Gasteiger partial charge in [0, 0.05) is 19.5 Å². The van der Waals surface area contributed by atoms with Crippen LogP contribution >= 0.6 is 0 Å². The van der Waals surface area contributed by atoms with Crippen molar-refractivity contribution in [2.45, 2.75) is 19.3 Å². The molecule has 1 aromatic carbocycles. The fraction of sp³-hybridized carbons (Fsp3) is 0.417.